The lowest BCUT2D eigenvalue weighted by molar-refractivity contribution is 0.102. The van der Waals surface area contributed by atoms with E-state index in [4.69, 9.17) is 0 Å². The van der Waals surface area contributed by atoms with Crippen LogP contribution in [0.5, 0.6) is 0 Å². The number of fused-ring (bicyclic) bond motifs is 2. The molecule has 3 aromatic rings. The number of para-hydroxylation sites is 1. The number of aryl methyl sites for hydroxylation is 1. The van der Waals surface area contributed by atoms with Crippen molar-refractivity contribution in [1.82, 2.24) is 15.2 Å². The van der Waals surface area contributed by atoms with E-state index in [0.717, 1.165) is 29.7 Å². The molecule has 1 aliphatic rings. The lowest BCUT2D eigenvalue weighted by atomic mass is 9.88. The van der Waals surface area contributed by atoms with Gasteiger partial charge in [-0.2, -0.15) is 5.10 Å². The molecule has 2 aromatic heterocycles. The summed E-state index contributed by atoms with van der Waals surface area (Å²) in [6.45, 7) is 2.24. The first-order valence-electron chi connectivity index (χ1n) is 8.46. The van der Waals surface area contributed by atoms with Crippen LogP contribution in [0.3, 0.4) is 0 Å². The number of amides is 1. The first kappa shape index (κ1) is 15.3. The van der Waals surface area contributed by atoms with E-state index in [-0.39, 0.29) is 5.91 Å². The van der Waals surface area contributed by atoms with Crippen molar-refractivity contribution < 1.29 is 4.79 Å². The monoisotopic (exact) mass is 340 g/mol. The SMILES string of the molecule is CCCC1CCc2nc(NC(=O)c3cccc4cn[nH]c34)sc2C1. The number of nitrogens with one attached hydrogen (secondary N) is 2. The number of benzene rings is 1. The second-order valence-corrected chi connectivity index (χ2v) is 7.46. The third kappa shape index (κ3) is 2.82. The fraction of sp³-hybridized carbons (Fsp3) is 0.389. The summed E-state index contributed by atoms with van der Waals surface area (Å²) in [5, 5.41) is 11.5. The molecule has 24 heavy (non-hydrogen) atoms. The van der Waals surface area contributed by atoms with Gasteiger partial charge >= 0.3 is 0 Å². The number of carbonyl (C=O) groups is 1. The number of thiazole rings is 1. The van der Waals surface area contributed by atoms with Gasteiger partial charge < -0.3 is 0 Å². The van der Waals surface area contributed by atoms with Gasteiger partial charge in [-0.05, 0) is 31.2 Å². The van der Waals surface area contributed by atoms with Crippen LogP contribution in [0.25, 0.3) is 10.9 Å². The maximum Gasteiger partial charge on any atom is 0.259 e. The highest BCUT2D eigenvalue weighted by atomic mass is 32.1. The van der Waals surface area contributed by atoms with E-state index >= 15 is 0 Å². The number of nitrogens with zero attached hydrogens (tertiary/aromatic N) is 2. The summed E-state index contributed by atoms with van der Waals surface area (Å²) < 4.78 is 0. The lowest BCUT2D eigenvalue weighted by Gasteiger charge is -2.19. The number of hydrogen-bond acceptors (Lipinski definition) is 4. The standard InChI is InChI=1S/C18H20N4OS/c1-2-4-11-7-8-14-15(9-11)24-18(20-14)21-17(23)13-6-3-5-12-10-19-22-16(12)13/h3,5-6,10-11H,2,4,7-9H2,1H3,(H,19,22)(H,20,21,23). The lowest BCUT2D eigenvalue weighted by Crippen LogP contribution is -2.13. The van der Waals surface area contributed by atoms with Crippen molar-refractivity contribution in [2.24, 2.45) is 5.92 Å². The maximum absolute atomic E-state index is 12.6. The maximum atomic E-state index is 12.6. The third-order valence-corrected chi connectivity index (χ3v) is 5.72. The molecule has 4 rings (SSSR count). The van der Waals surface area contributed by atoms with E-state index in [0.29, 0.717) is 10.7 Å². The molecule has 5 nitrogen and oxygen atoms in total. The van der Waals surface area contributed by atoms with Gasteiger partial charge in [0, 0.05) is 10.3 Å². The van der Waals surface area contributed by atoms with Crippen molar-refractivity contribution in [3.8, 4) is 0 Å². The van der Waals surface area contributed by atoms with Crippen molar-refractivity contribution in [2.45, 2.75) is 39.0 Å². The Morgan fingerprint density at radius 1 is 1.46 bits per heavy atom. The molecular weight excluding hydrogens is 320 g/mol. The molecule has 124 valence electrons. The summed E-state index contributed by atoms with van der Waals surface area (Å²) in [5.74, 6) is 0.631. The molecule has 0 saturated carbocycles. The van der Waals surface area contributed by atoms with E-state index < -0.39 is 0 Å². The molecule has 1 aromatic carbocycles. The zero-order valence-electron chi connectivity index (χ0n) is 13.6. The van der Waals surface area contributed by atoms with Gasteiger partial charge in [-0.15, -0.1) is 11.3 Å². The highest BCUT2D eigenvalue weighted by molar-refractivity contribution is 7.15. The molecule has 6 heteroatoms. The number of hydrogen-bond donors (Lipinski definition) is 2. The van der Waals surface area contributed by atoms with Gasteiger partial charge in [0.25, 0.3) is 5.91 Å². The molecule has 0 aliphatic heterocycles. The Morgan fingerprint density at radius 2 is 2.38 bits per heavy atom. The molecule has 1 atom stereocenters. The molecular formula is C18H20N4OS. The van der Waals surface area contributed by atoms with Gasteiger partial charge in [-0.3, -0.25) is 15.2 Å². The number of aromatic nitrogens is 3. The Bertz CT molecular complexity index is 882. The van der Waals surface area contributed by atoms with Crippen molar-refractivity contribution in [3.05, 3.63) is 40.5 Å². The van der Waals surface area contributed by atoms with Crippen LogP contribution in [-0.4, -0.2) is 21.1 Å². The molecule has 1 amide bonds. The topological polar surface area (TPSA) is 70.7 Å². The Hall–Kier alpha value is -2.21. The van der Waals surface area contributed by atoms with Crippen LogP contribution in [0.4, 0.5) is 5.13 Å². The zero-order chi connectivity index (χ0) is 16.5. The molecule has 0 radical (unpaired) electrons. The largest absolute Gasteiger partial charge is 0.298 e. The highest BCUT2D eigenvalue weighted by Crippen LogP contribution is 2.34. The van der Waals surface area contributed by atoms with Crippen molar-refractivity contribution in [2.75, 3.05) is 5.32 Å². The smallest absolute Gasteiger partial charge is 0.259 e. The van der Waals surface area contributed by atoms with E-state index in [1.165, 1.54) is 29.8 Å². The van der Waals surface area contributed by atoms with Crippen LogP contribution >= 0.6 is 11.3 Å². The minimum Gasteiger partial charge on any atom is -0.298 e. The average Bonchev–Trinajstić information content (AvgIpc) is 3.20. The first-order chi connectivity index (χ1) is 11.7. The van der Waals surface area contributed by atoms with Crippen molar-refractivity contribution in [1.29, 1.82) is 0 Å². The molecule has 2 heterocycles. The van der Waals surface area contributed by atoms with Crippen LogP contribution in [0.15, 0.2) is 24.4 Å². The van der Waals surface area contributed by atoms with E-state index in [1.54, 1.807) is 23.6 Å². The van der Waals surface area contributed by atoms with Crippen LogP contribution in [-0.2, 0) is 12.8 Å². The minimum atomic E-state index is -0.138. The summed E-state index contributed by atoms with van der Waals surface area (Å²) in [6.07, 6.45) is 7.58. The Kier molecular flexibility index (Phi) is 4.06. The number of H-pyrrole nitrogens is 1. The summed E-state index contributed by atoms with van der Waals surface area (Å²) >= 11 is 1.63. The number of anilines is 1. The van der Waals surface area contributed by atoms with Crippen LogP contribution in [0.2, 0.25) is 0 Å². The average molecular weight is 340 g/mol. The van der Waals surface area contributed by atoms with Crippen LogP contribution in [0.1, 0.15) is 47.1 Å². The normalized spacial score (nSPS) is 17.0. The molecule has 0 bridgehead atoms. The second kappa shape index (κ2) is 6.36. The molecule has 0 saturated heterocycles. The Labute approximate surface area is 144 Å². The predicted molar refractivity (Wildman–Crippen MR) is 96.6 cm³/mol. The third-order valence-electron chi connectivity index (χ3n) is 4.68. The van der Waals surface area contributed by atoms with Crippen molar-refractivity contribution >= 4 is 33.3 Å². The van der Waals surface area contributed by atoms with E-state index in [9.17, 15) is 4.79 Å². The first-order valence-corrected chi connectivity index (χ1v) is 9.28. The minimum absolute atomic E-state index is 0.138. The summed E-state index contributed by atoms with van der Waals surface area (Å²) in [4.78, 5) is 18.6. The Balaban J connectivity index is 1.54. The summed E-state index contributed by atoms with van der Waals surface area (Å²) in [6, 6.07) is 5.61. The van der Waals surface area contributed by atoms with E-state index in [2.05, 4.69) is 27.4 Å². The fourth-order valence-corrected chi connectivity index (χ4v) is 4.59. The van der Waals surface area contributed by atoms with Crippen LogP contribution in [0, 0.1) is 5.92 Å². The molecule has 0 spiro atoms. The summed E-state index contributed by atoms with van der Waals surface area (Å²) in [5.41, 5.74) is 2.53. The van der Waals surface area contributed by atoms with Crippen molar-refractivity contribution in [3.63, 3.8) is 0 Å². The highest BCUT2D eigenvalue weighted by Gasteiger charge is 2.23. The molecule has 1 unspecified atom stereocenters. The van der Waals surface area contributed by atoms with E-state index in [1.807, 2.05) is 12.1 Å². The quantitative estimate of drug-likeness (QED) is 0.748. The summed E-state index contributed by atoms with van der Waals surface area (Å²) in [7, 11) is 0. The zero-order valence-corrected chi connectivity index (χ0v) is 14.4. The van der Waals surface area contributed by atoms with Gasteiger partial charge in [0.1, 0.15) is 0 Å². The van der Waals surface area contributed by atoms with Gasteiger partial charge in [-0.25, -0.2) is 4.98 Å². The van der Waals surface area contributed by atoms with Crippen LogP contribution < -0.4 is 5.32 Å². The van der Waals surface area contributed by atoms with Gasteiger partial charge in [0.05, 0.1) is 23.0 Å². The van der Waals surface area contributed by atoms with Gasteiger partial charge in [0.2, 0.25) is 0 Å². The number of rotatable bonds is 4. The Morgan fingerprint density at radius 3 is 3.25 bits per heavy atom. The molecule has 1 aliphatic carbocycles. The van der Waals surface area contributed by atoms with Gasteiger partial charge in [0.15, 0.2) is 5.13 Å². The predicted octanol–water partition coefficient (Wildman–Crippen LogP) is 4.18. The fourth-order valence-electron chi connectivity index (χ4n) is 3.47. The second-order valence-electron chi connectivity index (χ2n) is 6.38. The van der Waals surface area contributed by atoms with Gasteiger partial charge in [-0.1, -0.05) is 31.9 Å². The number of carbonyl (C=O) groups excluding carboxylic acids is 1. The molecule has 2 N–H and O–H groups in total. The molecule has 0 fully saturated rings. The number of aromatic amines is 1.